The van der Waals surface area contributed by atoms with Gasteiger partial charge in [-0.3, -0.25) is 0 Å². The zero-order valence-corrected chi connectivity index (χ0v) is 13.0. The number of rotatable bonds is 7. The van der Waals surface area contributed by atoms with Crippen LogP contribution in [0.4, 0.5) is 0 Å². The van der Waals surface area contributed by atoms with Crippen LogP contribution in [0.5, 0.6) is 0 Å². The minimum atomic E-state index is 0.294. The van der Waals surface area contributed by atoms with E-state index in [2.05, 4.69) is 45.9 Å². The molecule has 1 rings (SSSR count). The Labute approximate surface area is 117 Å². The van der Waals surface area contributed by atoms with E-state index in [0.29, 0.717) is 6.04 Å². The maximum Gasteiger partial charge on any atom is 0.0101 e. The zero-order valence-electron chi connectivity index (χ0n) is 12.2. The van der Waals surface area contributed by atoms with Crippen molar-refractivity contribution in [1.29, 1.82) is 0 Å². The van der Waals surface area contributed by atoms with E-state index in [0.717, 1.165) is 18.8 Å². The molecule has 0 heterocycles. The molecular formula is C16H27NS. The highest BCUT2D eigenvalue weighted by molar-refractivity contribution is 7.99. The predicted molar refractivity (Wildman–Crippen MR) is 83.3 cm³/mol. The van der Waals surface area contributed by atoms with Crippen molar-refractivity contribution < 1.29 is 0 Å². The maximum absolute atomic E-state index is 6.00. The second-order valence-electron chi connectivity index (χ2n) is 5.30. The lowest BCUT2D eigenvalue weighted by atomic mass is 10.0. The van der Waals surface area contributed by atoms with Gasteiger partial charge in [-0.05, 0) is 42.9 Å². The molecule has 0 amide bonds. The molecule has 2 heteroatoms. The Bertz CT molecular complexity index is 362. The van der Waals surface area contributed by atoms with E-state index in [4.69, 9.17) is 5.73 Å². The van der Waals surface area contributed by atoms with Gasteiger partial charge in [0, 0.05) is 16.7 Å². The average molecular weight is 265 g/mol. The molecule has 2 atom stereocenters. The summed E-state index contributed by atoms with van der Waals surface area (Å²) in [6.07, 6.45) is 3.30. The van der Waals surface area contributed by atoms with Gasteiger partial charge in [0.25, 0.3) is 0 Å². The number of benzene rings is 1. The Morgan fingerprint density at radius 1 is 1.22 bits per heavy atom. The first-order chi connectivity index (χ1) is 8.56. The van der Waals surface area contributed by atoms with E-state index in [-0.39, 0.29) is 0 Å². The first-order valence-corrected chi connectivity index (χ1v) is 8.03. The summed E-state index contributed by atoms with van der Waals surface area (Å²) in [6.45, 7) is 8.93. The van der Waals surface area contributed by atoms with Gasteiger partial charge in [0.15, 0.2) is 0 Å². The number of nitrogens with two attached hydrogens (primary N) is 1. The molecule has 0 saturated heterocycles. The molecule has 2 N–H and O–H groups in total. The van der Waals surface area contributed by atoms with Crippen molar-refractivity contribution in [3.63, 3.8) is 0 Å². The minimum Gasteiger partial charge on any atom is -0.327 e. The second kappa shape index (κ2) is 7.85. The van der Waals surface area contributed by atoms with Crippen LogP contribution in [-0.2, 0) is 6.42 Å². The monoisotopic (exact) mass is 265 g/mol. The van der Waals surface area contributed by atoms with Crippen LogP contribution in [0.25, 0.3) is 0 Å². The van der Waals surface area contributed by atoms with Crippen LogP contribution < -0.4 is 5.73 Å². The van der Waals surface area contributed by atoms with Gasteiger partial charge in [-0.1, -0.05) is 39.3 Å². The smallest absolute Gasteiger partial charge is 0.0101 e. The molecule has 1 aromatic carbocycles. The first kappa shape index (κ1) is 15.6. The predicted octanol–water partition coefficient (Wildman–Crippen LogP) is 4.41. The fourth-order valence-corrected chi connectivity index (χ4v) is 2.95. The molecule has 1 nitrogen and oxygen atoms in total. The van der Waals surface area contributed by atoms with Gasteiger partial charge in [0.2, 0.25) is 0 Å². The number of hydrogen-bond donors (Lipinski definition) is 1. The molecule has 0 saturated carbocycles. The van der Waals surface area contributed by atoms with Gasteiger partial charge in [0.05, 0.1) is 0 Å². The third-order valence-electron chi connectivity index (χ3n) is 3.48. The lowest BCUT2D eigenvalue weighted by molar-refractivity contribution is 0.637. The Kier molecular flexibility index (Phi) is 6.80. The summed E-state index contributed by atoms with van der Waals surface area (Å²) in [5, 5.41) is 0. The molecule has 0 aliphatic heterocycles. The molecule has 18 heavy (non-hydrogen) atoms. The molecule has 0 bridgehead atoms. The van der Waals surface area contributed by atoms with Crippen LogP contribution in [0.2, 0.25) is 0 Å². The van der Waals surface area contributed by atoms with Crippen LogP contribution in [0, 0.1) is 12.8 Å². The molecule has 0 fully saturated rings. The van der Waals surface area contributed by atoms with Crippen molar-refractivity contribution in [3.8, 4) is 0 Å². The van der Waals surface area contributed by atoms with Crippen LogP contribution >= 0.6 is 11.8 Å². The fourth-order valence-electron chi connectivity index (χ4n) is 1.80. The summed E-state index contributed by atoms with van der Waals surface area (Å²) in [4.78, 5) is 1.42. The van der Waals surface area contributed by atoms with Crippen molar-refractivity contribution >= 4 is 11.8 Å². The van der Waals surface area contributed by atoms with Crippen LogP contribution in [0.15, 0.2) is 23.1 Å². The highest BCUT2D eigenvalue weighted by atomic mass is 32.2. The number of hydrogen-bond acceptors (Lipinski definition) is 2. The standard InChI is InChI=1S/C16H27NS/c1-5-12(3)11-18-16-8-7-14(9-13(16)4)10-15(17)6-2/h7-9,12,15H,5-6,10-11,17H2,1-4H3. The molecule has 2 unspecified atom stereocenters. The molecule has 0 radical (unpaired) electrons. The van der Waals surface area contributed by atoms with Crippen molar-refractivity contribution in [2.24, 2.45) is 11.7 Å². The maximum atomic E-state index is 6.00. The Hall–Kier alpha value is -0.470. The lowest BCUT2D eigenvalue weighted by Gasteiger charge is -2.13. The highest BCUT2D eigenvalue weighted by Crippen LogP contribution is 2.26. The normalized spacial score (nSPS) is 14.5. The van der Waals surface area contributed by atoms with E-state index in [1.807, 2.05) is 11.8 Å². The van der Waals surface area contributed by atoms with Gasteiger partial charge >= 0.3 is 0 Å². The molecule has 102 valence electrons. The van der Waals surface area contributed by atoms with E-state index in [1.165, 1.54) is 28.2 Å². The van der Waals surface area contributed by atoms with Gasteiger partial charge in [-0.15, -0.1) is 11.8 Å². The molecule has 1 aromatic rings. The van der Waals surface area contributed by atoms with E-state index in [1.54, 1.807) is 0 Å². The van der Waals surface area contributed by atoms with E-state index in [9.17, 15) is 0 Å². The third-order valence-corrected chi connectivity index (χ3v) is 4.99. The molecule has 0 aliphatic carbocycles. The second-order valence-corrected chi connectivity index (χ2v) is 6.36. The summed E-state index contributed by atoms with van der Waals surface area (Å²) in [6, 6.07) is 7.10. The SMILES string of the molecule is CCC(C)CSc1ccc(CC(N)CC)cc1C. The van der Waals surface area contributed by atoms with Crippen molar-refractivity contribution in [3.05, 3.63) is 29.3 Å². The Morgan fingerprint density at radius 2 is 1.94 bits per heavy atom. The van der Waals surface area contributed by atoms with Crippen molar-refractivity contribution in [2.45, 2.75) is 57.9 Å². The Morgan fingerprint density at radius 3 is 2.50 bits per heavy atom. The molecule has 0 aromatic heterocycles. The fraction of sp³-hybridized carbons (Fsp3) is 0.625. The highest BCUT2D eigenvalue weighted by Gasteiger charge is 2.06. The topological polar surface area (TPSA) is 26.0 Å². The van der Waals surface area contributed by atoms with Crippen LogP contribution in [0.1, 0.15) is 44.7 Å². The summed E-state index contributed by atoms with van der Waals surface area (Å²) in [5.74, 6) is 2.01. The molecular weight excluding hydrogens is 238 g/mol. The third kappa shape index (κ3) is 5.03. The van der Waals surface area contributed by atoms with Gasteiger partial charge in [-0.25, -0.2) is 0 Å². The van der Waals surface area contributed by atoms with Gasteiger partial charge < -0.3 is 5.73 Å². The van der Waals surface area contributed by atoms with Crippen molar-refractivity contribution in [1.82, 2.24) is 0 Å². The summed E-state index contributed by atoms with van der Waals surface area (Å²) in [5.41, 5.74) is 8.77. The van der Waals surface area contributed by atoms with Crippen LogP contribution in [-0.4, -0.2) is 11.8 Å². The number of aryl methyl sites for hydroxylation is 1. The van der Waals surface area contributed by atoms with Gasteiger partial charge in [-0.2, -0.15) is 0 Å². The van der Waals surface area contributed by atoms with Crippen molar-refractivity contribution in [2.75, 3.05) is 5.75 Å². The summed E-state index contributed by atoms with van der Waals surface area (Å²) >= 11 is 1.98. The average Bonchev–Trinajstić information content (AvgIpc) is 2.37. The molecule has 0 aliphatic rings. The van der Waals surface area contributed by atoms with E-state index >= 15 is 0 Å². The van der Waals surface area contributed by atoms with E-state index < -0.39 is 0 Å². The molecule has 0 spiro atoms. The minimum absolute atomic E-state index is 0.294. The summed E-state index contributed by atoms with van der Waals surface area (Å²) < 4.78 is 0. The van der Waals surface area contributed by atoms with Gasteiger partial charge in [0.1, 0.15) is 0 Å². The summed E-state index contributed by atoms with van der Waals surface area (Å²) in [7, 11) is 0. The first-order valence-electron chi connectivity index (χ1n) is 7.04. The zero-order chi connectivity index (χ0) is 13.5. The quantitative estimate of drug-likeness (QED) is 0.739. The Balaban J connectivity index is 2.62. The lowest BCUT2D eigenvalue weighted by Crippen LogP contribution is -2.21. The largest absolute Gasteiger partial charge is 0.327 e. The number of thioether (sulfide) groups is 1. The van der Waals surface area contributed by atoms with Crippen LogP contribution in [0.3, 0.4) is 0 Å².